The predicted octanol–water partition coefficient (Wildman–Crippen LogP) is 2.44. The van der Waals surface area contributed by atoms with Crippen LogP contribution in [0.5, 0.6) is 5.75 Å². The maximum absolute atomic E-state index is 5.37. The summed E-state index contributed by atoms with van der Waals surface area (Å²) < 4.78 is 7.39. The van der Waals surface area contributed by atoms with Crippen molar-refractivity contribution in [3.63, 3.8) is 0 Å². The molecule has 1 aromatic heterocycles. The van der Waals surface area contributed by atoms with Crippen molar-refractivity contribution >= 4 is 5.96 Å². The number of nitrogens with zero attached hydrogens (tertiary/aromatic N) is 4. The van der Waals surface area contributed by atoms with E-state index in [0.29, 0.717) is 12.6 Å². The lowest BCUT2D eigenvalue weighted by atomic mass is 9.84. The summed E-state index contributed by atoms with van der Waals surface area (Å²) in [7, 11) is 1.70. The Morgan fingerprint density at radius 2 is 2.21 bits per heavy atom. The van der Waals surface area contributed by atoms with Crippen molar-refractivity contribution in [2.45, 2.75) is 58.5 Å². The van der Waals surface area contributed by atoms with Crippen molar-refractivity contribution in [1.82, 2.24) is 25.4 Å². The van der Waals surface area contributed by atoms with Crippen LogP contribution >= 0.6 is 0 Å². The molecule has 0 radical (unpaired) electrons. The van der Waals surface area contributed by atoms with Crippen LogP contribution in [0.2, 0.25) is 0 Å². The fourth-order valence-electron chi connectivity index (χ4n) is 3.48. The first-order chi connectivity index (χ1) is 13.4. The number of fused-ring (bicyclic) bond motifs is 1. The van der Waals surface area contributed by atoms with E-state index in [1.807, 2.05) is 23.7 Å². The maximum Gasteiger partial charge on any atom is 0.191 e. The smallest absolute Gasteiger partial charge is 0.191 e. The fraction of sp³-hybridized carbons (Fsp3) is 0.571. The molecule has 0 amide bonds. The molecule has 1 unspecified atom stereocenters. The first-order valence-electron chi connectivity index (χ1n) is 10.0. The Balaban J connectivity index is 1.68. The van der Waals surface area contributed by atoms with Crippen molar-refractivity contribution in [2.75, 3.05) is 20.2 Å². The molecule has 152 valence electrons. The van der Waals surface area contributed by atoms with Crippen LogP contribution in [0.4, 0.5) is 0 Å². The largest absolute Gasteiger partial charge is 0.497 e. The zero-order valence-corrected chi connectivity index (χ0v) is 17.6. The van der Waals surface area contributed by atoms with Gasteiger partial charge in [-0.3, -0.25) is 4.99 Å². The monoisotopic (exact) mass is 384 g/mol. The highest BCUT2D eigenvalue weighted by atomic mass is 16.5. The van der Waals surface area contributed by atoms with Gasteiger partial charge in [0.1, 0.15) is 17.4 Å². The summed E-state index contributed by atoms with van der Waals surface area (Å²) in [5.41, 5.74) is 1.12. The minimum atomic E-state index is -0.0976. The van der Waals surface area contributed by atoms with Gasteiger partial charge in [-0.15, -0.1) is 0 Å². The van der Waals surface area contributed by atoms with Gasteiger partial charge in [0, 0.05) is 24.4 Å². The summed E-state index contributed by atoms with van der Waals surface area (Å²) in [4.78, 5) is 9.37. The molecule has 0 spiro atoms. The van der Waals surface area contributed by atoms with Gasteiger partial charge in [0.15, 0.2) is 5.96 Å². The molecule has 0 bridgehead atoms. The molecule has 3 rings (SSSR count). The lowest BCUT2D eigenvalue weighted by Crippen LogP contribution is -2.47. The molecular weight excluding hydrogens is 352 g/mol. The fourth-order valence-corrected chi connectivity index (χ4v) is 3.48. The van der Waals surface area contributed by atoms with E-state index in [2.05, 4.69) is 53.6 Å². The van der Waals surface area contributed by atoms with E-state index < -0.39 is 0 Å². The molecule has 7 nitrogen and oxygen atoms in total. The minimum absolute atomic E-state index is 0.0976. The van der Waals surface area contributed by atoms with Crippen LogP contribution in [-0.4, -0.2) is 47.0 Å². The van der Waals surface area contributed by atoms with E-state index >= 15 is 0 Å². The highest BCUT2D eigenvalue weighted by molar-refractivity contribution is 5.80. The average molecular weight is 385 g/mol. The highest BCUT2D eigenvalue weighted by Gasteiger charge is 2.23. The molecule has 0 saturated heterocycles. The molecule has 2 heterocycles. The first kappa shape index (κ1) is 20.2. The third kappa shape index (κ3) is 4.82. The molecule has 2 aromatic rings. The van der Waals surface area contributed by atoms with Gasteiger partial charge in [0.05, 0.1) is 20.2 Å². The van der Waals surface area contributed by atoms with Crippen molar-refractivity contribution in [3.8, 4) is 5.75 Å². The van der Waals surface area contributed by atoms with Crippen LogP contribution in [0.15, 0.2) is 29.3 Å². The lowest BCUT2D eigenvalue weighted by molar-refractivity contribution is 0.391. The van der Waals surface area contributed by atoms with Crippen LogP contribution in [0.25, 0.3) is 0 Å². The second-order valence-corrected chi connectivity index (χ2v) is 7.95. The summed E-state index contributed by atoms with van der Waals surface area (Å²) in [6, 6.07) is 8.52. The molecule has 1 atom stereocenters. The highest BCUT2D eigenvalue weighted by Crippen LogP contribution is 2.26. The van der Waals surface area contributed by atoms with Crippen molar-refractivity contribution in [2.24, 2.45) is 4.99 Å². The number of hydrogen-bond acceptors (Lipinski definition) is 4. The number of nitrogens with one attached hydrogen (secondary N) is 2. The van der Waals surface area contributed by atoms with Gasteiger partial charge in [-0.05, 0) is 38.0 Å². The van der Waals surface area contributed by atoms with Gasteiger partial charge < -0.3 is 15.4 Å². The number of aryl methyl sites for hydroxylation is 2. The predicted molar refractivity (Wildman–Crippen MR) is 112 cm³/mol. The topological polar surface area (TPSA) is 76.4 Å². The number of ether oxygens (including phenoxy) is 1. The molecule has 7 heteroatoms. The van der Waals surface area contributed by atoms with Gasteiger partial charge in [-0.1, -0.05) is 26.0 Å². The van der Waals surface area contributed by atoms with E-state index in [1.165, 1.54) is 5.56 Å². The number of hydrogen-bond donors (Lipinski definition) is 2. The molecule has 2 N–H and O–H groups in total. The van der Waals surface area contributed by atoms with Crippen LogP contribution in [0.3, 0.4) is 0 Å². The third-order valence-electron chi connectivity index (χ3n) is 5.13. The molecule has 1 aromatic carbocycles. The maximum atomic E-state index is 5.37. The Morgan fingerprint density at radius 3 is 2.96 bits per heavy atom. The number of aromatic nitrogens is 3. The van der Waals surface area contributed by atoms with E-state index in [9.17, 15) is 0 Å². The summed E-state index contributed by atoms with van der Waals surface area (Å²) in [6.07, 6.45) is 1.97. The normalized spacial score (nSPS) is 17.2. The lowest BCUT2D eigenvalue weighted by Gasteiger charge is -2.27. The Bertz CT molecular complexity index is 826. The van der Waals surface area contributed by atoms with Gasteiger partial charge in [0.25, 0.3) is 0 Å². The van der Waals surface area contributed by atoms with Crippen molar-refractivity contribution in [1.29, 1.82) is 0 Å². The minimum Gasteiger partial charge on any atom is -0.497 e. The molecule has 28 heavy (non-hydrogen) atoms. The summed E-state index contributed by atoms with van der Waals surface area (Å²) in [6.45, 7) is 10.8. The summed E-state index contributed by atoms with van der Waals surface area (Å²) in [5, 5.41) is 11.4. The molecule has 0 aliphatic carbocycles. The van der Waals surface area contributed by atoms with Crippen LogP contribution in [0.1, 0.15) is 44.4 Å². The average Bonchev–Trinajstić information content (AvgIpc) is 3.05. The standard InChI is InChI=1S/C21H32N6O/c1-6-22-20(25-17-10-11-19-24-15(2)26-27(19)13-17)23-14-21(3,4)16-8-7-9-18(12-16)28-5/h7-9,12,17H,6,10-11,13-14H2,1-5H3,(H2,22,23,25). The molecular formula is C21H32N6O. The van der Waals surface area contributed by atoms with Crippen LogP contribution in [0, 0.1) is 6.92 Å². The van der Waals surface area contributed by atoms with Gasteiger partial charge in [-0.2, -0.15) is 5.10 Å². The second-order valence-electron chi connectivity index (χ2n) is 7.95. The quantitative estimate of drug-likeness (QED) is 0.591. The Hall–Kier alpha value is -2.57. The zero-order valence-electron chi connectivity index (χ0n) is 17.6. The van der Waals surface area contributed by atoms with Crippen molar-refractivity contribution in [3.05, 3.63) is 41.5 Å². The Kier molecular flexibility index (Phi) is 6.21. The van der Waals surface area contributed by atoms with E-state index in [0.717, 1.165) is 49.3 Å². The number of methoxy groups -OCH3 is 1. The number of benzene rings is 1. The summed E-state index contributed by atoms with van der Waals surface area (Å²) >= 11 is 0. The SMILES string of the molecule is CCNC(=NCC(C)(C)c1cccc(OC)c1)NC1CCc2nc(C)nn2C1. The van der Waals surface area contributed by atoms with E-state index in [1.54, 1.807) is 7.11 Å². The molecule has 1 aliphatic heterocycles. The zero-order chi connectivity index (χ0) is 20.1. The summed E-state index contributed by atoms with van der Waals surface area (Å²) in [5.74, 6) is 3.65. The van der Waals surface area contributed by atoms with E-state index in [-0.39, 0.29) is 5.41 Å². The van der Waals surface area contributed by atoms with Crippen molar-refractivity contribution < 1.29 is 4.74 Å². The Labute approximate surface area is 167 Å². The molecule has 0 saturated carbocycles. The number of guanidine groups is 1. The van der Waals surface area contributed by atoms with Gasteiger partial charge in [-0.25, -0.2) is 9.67 Å². The second kappa shape index (κ2) is 8.63. The van der Waals surface area contributed by atoms with Crippen LogP contribution in [-0.2, 0) is 18.4 Å². The molecule has 1 aliphatic rings. The Morgan fingerprint density at radius 1 is 1.39 bits per heavy atom. The van der Waals surface area contributed by atoms with Gasteiger partial charge in [0.2, 0.25) is 0 Å². The van der Waals surface area contributed by atoms with E-state index in [4.69, 9.17) is 9.73 Å². The van der Waals surface area contributed by atoms with Crippen LogP contribution < -0.4 is 15.4 Å². The number of aliphatic imine (C=N–C) groups is 1. The number of rotatable bonds is 6. The first-order valence-corrected chi connectivity index (χ1v) is 10.0. The molecule has 0 fully saturated rings. The van der Waals surface area contributed by atoms with Gasteiger partial charge >= 0.3 is 0 Å². The third-order valence-corrected chi connectivity index (χ3v) is 5.13.